The summed E-state index contributed by atoms with van der Waals surface area (Å²) in [7, 11) is 1.69. The van der Waals surface area contributed by atoms with E-state index in [1.165, 1.54) is 5.39 Å². The van der Waals surface area contributed by atoms with Crippen molar-refractivity contribution < 1.29 is 9.47 Å². The van der Waals surface area contributed by atoms with Crippen molar-refractivity contribution in [1.82, 2.24) is 4.90 Å². The third-order valence-electron chi connectivity index (χ3n) is 6.20. The van der Waals surface area contributed by atoms with Crippen LogP contribution in [-0.2, 0) is 9.47 Å². The summed E-state index contributed by atoms with van der Waals surface area (Å²) in [6.45, 7) is 4.94. The van der Waals surface area contributed by atoms with Crippen LogP contribution >= 0.6 is 0 Å². The minimum Gasteiger partial charge on any atom is -0.446 e. The van der Waals surface area contributed by atoms with Gasteiger partial charge in [0.05, 0.1) is 5.57 Å². The average molecular weight is 377 g/mol. The van der Waals surface area contributed by atoms with Crippen LogP contribution in [0.3, 0.4) is 0 Å². The monoisotopic (exact) mass is 377 g/mol. The average Bonchev–Trinajstić information content (AvgIpc) is 2.73. The third-order valence-corrected chi connectivity index (χ3v) is 6.20. The van der Waals surface area contributed by atoms with Crippen LogP contribution in [0.15, 0.2) is 53.9 Å². The molecule has 2 aliphatic heterocycles. The second-order valence-corrected chi connectivity index (χ2v) is 7.75. The molecule has 0 saturated carbocycles. The summed E-state index contributed by atoms with van der Waals surface area (Å²) in [6.07, 6.45) is 1.83. The maximum Gasteiger partial charge on any atom is 0.218 e. The molecule has 5 heteroatoms. The molecule has 4 rings (SSSR count). The zero-order valence-corrected chi connectivity index (χ0v) is 16.5. The van der Waals surface area contributed by atoms with E-state index in [4.69, 9.17) is 15.2 Å². The number of fused-ring (bicyclic) bond motifs is 2. The molecule has 0 aliphatic carbocycles. The molecule has 0 spiro atoms. The van der Waals surface area contributed by atoms with Gasteiger partial charge in [0.1, 0.15) is 6.07 Å². The number of ether oxygens (including phenoxy) is 2. The molecule has 2 N–H and O–H groups in total. The number of benzene rings is 2. The molecule has 1 fully saturated rings. The zero-order chi connectivity index (χ0) is 19.7. The number of methoxy groups -OCH3 is 1. The van der Waals surface area contributed by atoms with E-state index in [2.05, 4.69) is 48.2 Å². The van der Waals surface area contributed by atoms with Gasteiger partial charge in [-0.25, -0.2) is 0 Å². The predicted molar refractivity (Wildman–Crippen MR) is 109 cm³/mol. The van der Waals surface area contributed by atoms with E-state index in [0.29, 0.717) is 5.57 Å². The van der Waals surface area contributed by atoms with E-state index in [1.54, 1.807) is 7.11 Å². The number of allylic oxidation sites excluding steroid dienone is 1. The second kappa shape index (κ2) is 7.46. The first kappa shape index (κ1) is 18.8. The van der Waals surface area contributed by atoms with Crippen molar-refractivity contribution in [2.45, 2.75) is 31.5 Å². The Morgan fingerprint density at radius 1 is 1.29 bits per heavy atom. The number of hydrogen-bond acceptors (Lipinski definition) is 5. The third kappa shape index (κ3) is 3.03. The first-order valence-corrected chi connectivity index (χ1v) is 9.97. The van der Waals surface area contributed by atoms with E-state index >= 15 is 0 Å². The second-order valence-electron chi connectivity index (χ2n) is 7.75. The van der Waals surface area contributed by atoms with E-state index < -0.39 is 5.79 Å². The van der Waals surface area contributed by atoms with Crippen LogP contribution < -0.4 is 5.73 Å². The summed E-state index contributed by atoms with van der Waals surface area (Å²) in [4.78, 5) is 2.44. The topological polar surface area (TPSA) is 71.5 Å². The standard InChI is InChI=1S/C23H27N3O2/c1-3-11-26-12-10-23(27-2)20(15-26)21(19(14-24)22(25)28-23)18-9-8-16-6-4-5-7-17(16)13-18/h4-9,13,20-21H,3,10-12,15,25H2,1-2H3/t20-,21+,23+/m0/s1. The van der Waals surface area contributed by atoms with Gasteiger partial charge in [-0.15, -0.1) is 0 Å². The minimum absolute atomic E-state index is 0.000845. The molecule has 146 valence electrons. The highest BCUT2D eigenvalue weighted by Gasteiger charge is 2.54. The molecule has 0 radical (unpaired) electrons. The summed E-state index contributed by atoms with van der Waals surface area (Å²) in [5.41, 5.74) is 7.83. The maximum absolute atomic E-state index is 9.90. The quantitative estimate of drug-likeness (QED) is 0.879. The van der Waals surface area contributed by atoms with Crippen LogP contribution in [0.1, 0.15) is 31.2 Å². The summed E-state index contributed by atoms with van der Waals surface area (Å²) in [6, 6.07) is 17.0. The Balaban J connectivity index is 1.84. The van der Waals surface area contributed by atoms with Crippen molar-refractivity contribution in [1.29, 1.82) is 5.26 Å². The Morgan fingerprint density at radius 2 is 2.07 bits per heavy atom. The van der Waals surface area contributed by atoms with Crippen LogP contribution in [0.5, 0.6) is 0 Å². The Labute approximate surface area is 166 Å². The van der Waals surface area contributed by atoms with Crippen molar-refractivity contribution in [3.8, 4) is 6.07 Å². The van der Waals surface area contributed by atoms with Gasteiger partial charge in [-0.2, -0.15) is 5.26 Å². The molecule has 0 unspecified atom stereocenters. The number of rotatable bonds is 4. The van der Waals surface area contributed by atoms with E-state index in [0.717, 1.165) is 43.4 Å². The highest BCUT2D eigenvalue weighted by atomic mass is 16.7. The van der Waals surface area contributed by atoms with E-state index in [1.807, 2.05) is 12.1 Å². The smallest absolute Gasteiger partial charge is 0.218 e. The van der Waals surface area contributed by atoms with Crippen molar-refractivity contribution in [3.05, 3.63) is 59.5 Å². The normalized spacial score (nSPS) is 27.9. The number of nitriles is 1. The van der Waals surface area contributed by atoms with Crippen LogP contribution in [0.4, 0.5) is 0 Å². The number of nitrogens with zero attached hydrogens (tertiary/aromatic N) is 2. The first-order valence-electron chi connectivity index (χ1n) is 9.97. The Hall–Kier alpha value is -2.55. The molecule has 0 aromatic heterocycles. The number of piperidine rings is 1. The number of nitrogens with two attached hydrogens (primary N) is 1. The van der Waals surface area contributed by atoms with Gasteiger partial charge in [-0.3, -0.25) is 0 Å². The molecule has 2 heterocycles. The van der Waals surface area contributed by atoms with E-state index in [9.17, 15) is 5.26 Å². The molecular formula is C23H27N3O2. The molecule has 1 saturated heterocycles. The largest absolute Gasteiger partial charge is 0.446 e. The maximum atomic E-state index is 9.90. The highest BCUT2D eigenvalue weighted by Crippen LogP contribution is 2.49. The lowest BCUT2D eigenvalue weighted by Crippen LogP contribution is -2.59. The molecule has 5 nitrogen and oxygen atoms in total. The summed E-state index contributed by atoms with van der Waals surface area (Å²) in [5.74, 6) is -0.739. The lowest BCUT2D eigenvalue weighted by atomic mass is 9.71. The molecule has 0 bridgehead atoms. The van der Waals surface area contributed by atoms with Crippen LogP contribution in [0.25, 0.3) is 10.8 Å². The molecular weight excluding hydrogens is 350 g/mol. The van der Waals surface area contributed by atoms with Crippen molar-refractivity contribution in [2.75, 3.05) is 26.7 Å². The Bertz CT molecular complexity index is 948. The molecule has 28 heavy (non-hydrogen) atoms. The Morgan fingerprint density at radius 3 is 2.79 bits per heavy atom. The van der Waals surface area contributed by atoms with Gasteiger partial charge in [-0.1, -0.05) is 49.4 Å². The zero-order valence-electron chi connectivity index (χ0n) is 16.5. The van der Waals surface area contributed by atoms with Gasteiger partial charge in [0.2, 0.25) is 11.7 Å². The van der Waals surface area contributed by atoms with Crippen LogP contribution in [0.2, 0.25) is 0 Å². The fraction of sp³-hybridized carbons (Fsp3) is 0.435. The van der Waals surface area contributed by atoms with Crippen molar-refractivity contribution in [3.63, 3.8) is 0 Å². The summed E-state index contributed by atoms with van der Waals surface area (Å²) in [5, 5.41) is 12.2. The van der Waals surface area contributed by atoms with Crippen LogP contribution in [-0.4, -0.2) is 37.4 Å². The van der Waals surface area contributed by atoms with Gasteiger partial charge in [0.15, 0.2) is 0 Å². The van der Waals surface area contributed by atoms with Crippen molar-refractivity contribution in [2.24, 2.45) is 11.7 Å². The number of hydrogen-bond donors (Lipinski definition) is 1. The highest BCUT2D eigenvalue weighted by molar-refractivity contribution is 5.83. The molecule has 2 aromatic carbocycles. The van der Waals surface area contributed by atoms with Crippen molar-refractivity contribution >= 4 is 10.8 Å². The summed E-state index contributed by atoms with van der Waals surface area (Å²) < 4.78 is 12.0. The van der Waals surface area contributed by atoms with Gasteiger partial charge in [-0.05, 0) is 29.3 Å². The van der Waals surface area contributed by atoms with Gasteiger partial charge in [0.25, 0.3) is 0 Å². The van der Waals surface area contributed by atoms with E-state index in [-0.39, 0.29) is 17.7 Å². The molecule has 2 aliphatic rings. The summed E-state index contributed by atoms with van der Waals surface area (Å²) >= 11 is 0. The number of likely N-dealkylation sites (tertiary alicyclic amines) is 1. The van der Waals surface area contributed by atoms with Crippen LogP contribution in [0, 0.1) is 17.2 Å². The minimum atomic E-state index is -0.787. The van der Waals surface area contributed by atoms with Gasteiger partial charge >= 0.3 is 0 Å². The predicted octanol–water partition coefficient (Wildman–Crippen LogP) is 3.72. The molecule has 2 aromatic rings. The lowest BCUT2D eigenvalue weighted by Gasteiger charge is -2.51. The molecule has 3 atom stereocenters. The molecule has 0 amide bonds. The fourth-order valence-electron chi connectivity index (χ4n) is 4.83. The fourth-order valence-corrected chi connectivity index (χ4v) is 4.83. The Kier molecular flexibility index (Phi) is 5.01. The lowest BCUT2D eigenvalue weighted by molar-refractivity contribution is -0.266. The van der Waals surface area contributed by atoms with Gasteiger partial charge in [0, 0.05) is 38.5 Å². The SMILES string of the molecule is CCCN1CC[C@@]2(OC)OC(N)=C(C#N)[C@@H](c3ccc4ccccc4c3)[C@@H]2C1. The first-order chi connectivity index (χ1) is 13.6. The van der Waals surface area contributed by atoms with Gasteiger partial charge < -0.3 is 20.1 Å².